The molecule has 0 atom stereocenters. The Balaban J connectivity index is 2.12. The van der Waals surface area contributed by atoms with Gasteiger partial charge in [-0.25, -0.2) is 0 Å². The second-order valence-electron chi connectivity index (χ2n) is 4.39. The number of benzene rings is 2. The second-order valence-corrected chi connectivity index (χ2v) is 5.24. The summed E-state index contributed by atoms with van der Waals surface area (Å²) in [7, 11) is 3.09. The molecule has 0 aliphatic heterocycles. The Morgan fingerprint density at radius 3 is 2.59 bits per heavy atom. The number of hydrogen-bond acceptors (Lipinski definition) is 4. The normalized spacial score (nSPS) is 10.5. The molecule has 2 aromatic rings. The van der Waals surface area contributed by atoms with E-state index in [1.54, 1.807) is 31.5 Å². The SMILES string of the molecule is COc1ccc(C(=O)/C=C/Nc2ccccc2Br)c(OC)c1. The fourth-order valence-corrected chi connectivity index (χ4v) is 2.28. The monoisotopic (exact) mass is 361 g/mol. The van der Waals surface area contributed by atoms with Crippen LogP contribution >= 0.6 is 15.9 Å². The van der Waals surface area contributed by atoms with Crippen molar-refractivity contribution in [2.75, 3.05) is 19.5 Å². The Labute approximate surface area is 137 Å². The molecule has 22 heavy (non-hydrogen) atoms. The number of allylic oxidation sites excluding steroid dienone is 1. The summed E-state index contributed by atoms with van der Waals surface area (Å²) < 4.78 is 11.3. The molecule has 0 radical (unpaired) electrons. The van der Waals surface area contributed by atoms with Gasteiger partial charge in [-0.05, 0) is 40.2 Å². The summed E-state index contributed by atoms with van der Waals surface area (Å²) in [6.07, 6.45) is 3.07. The zero-order valence-electron chi connectivity index (χ0n) is 12.3. The van der Waals surface area contributed by atoms with E-state index in [9.17, 15) is 4.79 Å². The molecule has 0 aliphatic rings. The van der Waals surface area contributed by atoms with Crippen molar-refractivity contribution in [3.05, 3.63) is 64.8 Å². The predicted molar refractivity (Wildman–Crippen MR) is 90.8 cm³/mol. The fraction of sp³-hybridized carbons (Fsp3) is 0.118. The Morgan fingerprint density at radius 2 is 1.91 bits per heavy atom. The Bertz CT molecular complexity index is 698. The largest absolute Gasteiger partial charge is 0.497 e. The minimum atomic E-state index is -0.154. The van der Waals surface area contributed by atoms with Crippen LogP contribution in [0.2, 0.25) is 0 Å². The van der Waals surface area contributed by atoms with E-state index in [0.717, 1.165) is 10.2 Å². The third-order valence-corrected chi connectivity index (χ3v) is 3.71. The lowest BCUT2D eigenvalue weighted by Gasteiger charge is -2.08. The van der Waals surface area contributed by atoms with Crippen molar-refractivity contribution in [2.24, 2.45) is 0 Å². The van der Waals surface area contributed by atoms with Crippen molar-refractivity contribution in [3.63, 3.8) is 0 Å². The van der Waals surface area contributed by atoms with Crippen molar-refractivity contribution in [3.8, 4) is 11.5 Å². The number of halogens is 1. The Hall–Kier alpha value is -2.27. The molecule has 0 amide bonds. The Kier molecular flexibility index (Phi) is 5.61. The molecule has 0 fully saturated rings. The van der Waals surface area contributed by atoms with Gasteiger partial charge in [0.05, 0.1) is 25.5 Å². The van der Waals surface area contributed by atoms with E-state index in [-0.39, 0.29) is 5.78 Å². The van der Waals surface area contributed by atoms with Crippen molar-refractivity contribution >= 4 is 27.4 Å². The van der Waals surface area contributed by atoms with Crippen LogP contribution in [0.5, 0.6) is 11.5 Å². The molecule has 4 nitrogen and oxygen atoms in total. The van der Waals surface area contributed by atoms with E-state index in [1.165, 1.54) is 13.2 Å². The van der Waals surface area contributed by atoms with Gasteiger partial charge in [-0.1, -0.05) is 12.1 Å². The summed E-state index contributed by atoms with van der Waals surface area (Å²) in [5, 5.41) is 3.06. The van der Waals surface area contributed by atoms with Gasteiger partial charge >= 0.3 is 0 Å². The van der Waals surface area contributed by atoms with E-state index < -0.39 is 0 Å². The number of nitrogens with one attached hydrogen (secondary N) is 1. The number of anilines is 1. The lowest BCUT2D eigenvalue weighted by atomic mass is 10.1. The molecule has 0 saturated heterocycles. The van der Waals surface area contributed by atoms with Gasteiger partial charge in [0.2, 0.25) is 0 Å². The third-order valence-electron chi connectivity index (χ3n) is 3.02. The zero-order chi connectivity index (χ0) is 15.9. The lowest BCUT2D eigenvalue weighted by molar-refractivity contribution is 0.104. The molecule has 0 saturated carbocycles. The second kappa shape index (κ2) is 7.66. The summed E-state index contributed by atoms with van der Waals surface area (Å²) in [4.78, 5) is 12.2. The molecule has 0 aliphatic carbocycles. The minimum Gasteiger partial charge on any atom is -0.497 e. The first-order valence-corrected chi connectivity index (χ1v) is 7.39. The van der Waals surface area contributed by atoms with E-state index in [4.69, 9.17) is 9.47 Å². The zero-order valence-corrected chi connectivity index (χ0v) is 13.9. The average molecular weight is 362 g/mol. The molecule has 1 N–H and O–H groups in total. The van der Waals surface area contributed by atoms with Crippen LogP contribution < -0.4 is 14.8 Å². The van der Waals surface area contributed by atoms with Gasteiger partial charge in [-0.15, -0.1) is 0 Å². The molecule has 0 bridgehead atoms. The number of hydrogen-bond donors (Lipinski definition) is 1. The third kappa shape index (κ3) is 3.89. The van der Waals surface area contributed by atoms with E-state index in [1.807, 2.05) is 24.3 Å². The number of ether oxygens (including phenoxy) is 2. The smallest absolute Gasteiger partial charge is 0.191 e. The number of methoxy groups -OCH3 is 2. The van der Waals surface area contributed by atoms with Crippen LogP contribution in [0.15, 0.2) is 59.2 Å². The van der Waals surface area contributed by atoms with E-state index >= 15 is 0 Å². The highest BCUT2D eigenvalue weighted by molar-refractivity contribution is 9.10. The molecule has 2 aromatic carbocycles. The van der Waals surface area contributed by atoms with Crippen LogP contribution in [0.1, 0.15) is 10.4 Å². The fourth-order valence-electron chi connectivity index (χ4n) is 1.88. The molecule has 5 heteroatoms. The van der Waals surface area contributed by atoms with Gasteiger partial charge in [0.25, 0.3) is 0 Å². The minimum absolute atomic E-state index is 0.154. The van der Waals surface area contributed by atoms with Gasteiger partial charge in [0.15, 0.2) is 5.78 Å². The average Bonchev–Trinajstić information content (AvgIpc) is 2.55. The Morgan fingerprint density at radius 1 is 1.14 bits per heavy atom. The molecule has 0 heterocycles. The maximum atomic E-state index is 12.2. The van der Waals surface area contributed by atoms with Gasteiger partial charge < -0.3 is 14.8 Å². The molecule has 114 valence electrons. The highest BCUT2D eigenvalue weighted by Gasteiger charge is 2.10. The van der Waals surface area contributed by atoms with Crippen LogP contribution in [0.25, 0.3) is 0 Å². The predicted octanol–water partition coefficient (Wildman–Crippen LogP) is 4.27. The number of carbonyl (C=O) groups is 1. The summed E-state index contributed by atoms with van der Waals surface area (Å²) in [6, 6.07) is 12.8. The summed E-state index contributed by atoms with van der Waals surface area (Å²) >= 11 is 3.43. The molecule has 0 unspecified atom stereocenters. The highest BCUT2D eigenvalue weighted by Crippen LogP contribution is 2.25. The molecular formula is C17H16BrNO3. The van der Waals surface area contributed by atoms with Crippen LogP contribution in [0.3, 0.4) is 0 Å². The molecule has 0 aromatic heterocycles. The molecule has 2 rings (SSSR count). The van der Waals surface area contributed by atoms with Gasteiger partial charge in [-0.3, -0.25) is 4.79 Å². The van der Waals surface area contributed by atoms with Gasteiger partial charge in [0, 0.05) is 22.8 Å². The van der Waals surface area contributed by atoms with Gasteiger partial charge in [0.1, 0.15) is 11.5 Å². The van der Waals surface area contributed by atoms with Crippen molar-refractivity contribution < 1.29 is 14.3 Å². The summed E-state index contributed by atoms with van der Waals surface area (Å²) in [6.45, 7) is 0. The highest BCUT2D eigenvalue weighted by atomic mass is 79.9. The summed E-state index contributed by atoms with van der Waals surface area (Å²) in [5.41, 5.74) is 1.36. The number of carbonyl (C=O) groups excluding carboxylic acids is 1. The van der Waals surface area contributed by atoms with Crippen molar-refractivity contribution in [1.82, 2.24) is 0 Å². The van der Waals surface area contributed by atoms with Crippen molar-refractivity contribution in [1.29, 1.82) is 0 Å². The van der Waals surface area contributed by atoms with E-state index in [2.05, 4.69) is 21.2 Å². The van der Waals surface area contributed by atoms with Crippen LogP contribution in [-0.2, 0) is 0 Å². The molecular weight excluding hydrogens is 346 g/mol. The quantitative estimate of drug-likeness (QED) is 0.616. The first kappa shape index (κ1) is 16.1. The van der Waals surface area contributed by atoms with Crippen molar-refractivity contribution in [2.45, 2.75) is 0 Å². The number of para-hydroxylation sites is 1. The first-order chi connectivity index (χ1) is 10.7. The maximum Gasteiger partial charge on any atom is 0.191 e. The number of ketones is 1. The summed E-state index contributed by atoms with van der Waals surface area (Å²) in [5.74, 6) is 0.970. The van der Waals surface area contributed by atoms with E-state index in [0.29, 0.717) is 17.1 Å². The molecule has 0 spiro atoms. The van der Waals surface area contributed by atoms with Gasteiger partial charge in [-0.2, -0.15) is 0 Å². The first-order valence-electron chi connectivity index (χ1n) is 6.59. The lowest BCUT2D eigenvalue weighted by Crippen LogP contribution is -2.00. The maximum absolute atomic E-state index is 12.2. The number of rotatable bonds is 6. The standard InChI is InChI=1S/C17H16BrNO3/c1-21-12-7-8-13(17(11-12)22-2)16(20)9-10-19-15-6-4-3-5-14(15)18/h3-11,19H,1-2H3/b10-9+. The van der Waals surface area contributed by atoms with Crippen LogP contribution in [0.4, 0.5) is 5.69 Å². The van der Waals surface area contributed by atoms with Crippen LogP contribution in [0, 0.1) is 0 Å². The van der Waals surface area contributed by atoms with Crippen LogP contribution in [-0.4, -0.2) is 20.0 Å². The topological polar surface area (TPSA) is 47.6 Å².